The molecule has 0 saturated heterocycles. The molecule has 0 saturated carbocycles. The van der Waals surface area contributed by atoms with Crippen LogP contribution in [0.4, 0.5) is 0 Å². The largest absolute Gasteiger partial charge is 0.459 e. The molecule has 0 atom stereocenters. The summed E-state index contributed by atoms with van der Waals surface area (Å²) in [4.78, 5) is 61.4. The lowest BCUT2D eigenvalue weighted by atomic mass is 10.5. The predicted octanol–water partition coefficient (Wildman–Crippen LogP) is 0.175. The van der Waals surface area contributed by atoms with E-state index >= 15 is 0 Å². The van der Waals surface area contributed by atoms with Crippen LogP contribution in [0.1, 0.15) is 13.8 Å². The Morgan fingerprint density at radius 1 is 0.625 bits per heavy atom. The molecule has 0 bridgehead atoms. The van der Waals surface area contributed by atoms with Gasteiger partial charge in [-0.1, -0.05) is 0 Å². The van der Waals surface area contributed by atoms with E-state index in [0.717, 1.165) is 24.3 Å². The van der Waals surface area contributed by atoms with Crippen molar-refractivity contribution in [3.05, 3.63) is 24.3 Å². The minimum atomic E-state index is -0.871. The molecule has 0 fully saturated rings. The van der Waals surface area contributed by atoms with E-state index in [1.807, 2.05) is 0 Å². The molecule has 0 heterocycles. The van der Waals surface area contributed by atoms with Gasteiger partial charge < -0.3 is 9.47 Å². The predicted molar refractivity (Wildman–Crippen MR) is 75.6 cm³/mol. The van der Waals surface area contributed by atoms with Gasteiger partial charge in [0.15, 0.2) is 0 Å². The van der Waals surface area contributed by atoms with Crippen LogP contribution < -0.4 is 0 Å². The van der Waals surface area contributed by atoms with Crippen molar-refractivity contribution in [1.82, 2.24) is 0 Å². The first kappa shape index (κ1) is 21.3. The lowest BCUT2D eigenvalue weighted by molar-refractivity contribution is -0.264. The maximum absolute atomic E-state index is 11.2. The van der Waals surface area contributed by atoms with Crippen LogP contribution in [0.2, 0.25) is 0 Å². The van der Waals surface area contributed by atoms with Gasteiger partial charge in [-0.3, -0.25) is 9.78 Å². The summed E-state index contributed by atoms with van der Waals surface area (Å²) >= 11 is 0. The Morgan fingerprint density at radius 3 is 1.29 bits per heavy atom. The van der Waals surface area contributed by atoms with E-state index in [4.69, 9.17) is 0 Å². The maximum Gasteiger partial charge on any atom is 0.366 e. The molecule has 24 heavy (non-hydrogen) atoms. The van der Waals surface area contributed by atoms with Crippen LogP contribution in [-0.4, -0.2) is 50.3 Å². The molecule has 0 aromatic heterocycles. The lowest BCUT2D eigenvalue weighted by Gasteiger charge is -2.02. The Balaban J connectivity index is 3.84. The van der Waals surface area contributed by atoms with Crippen LogP contribution in [-0.2, 0) is 48.2 Å². The number of esters is 2. The number of hydrogen-bond acceptors (Lipinski definition) is 10. The lowest BCUT2D eigenvalue weighted by Crippen LogP contribution is -2.12. The van der Waals surface area contributed by atoms with Gasteiger partial charge in [0.05, 0.1) is 13.2 Å². The minimum Gasteiger partial charge on any atom is -0.459 e. The molecule has 0 aromatic rings. The Kier molecular flexibility index (Phi) is 12.3. The molecule has 134 valence electrons. The molecule has 10 heteroatoms. The van der Waals surface area contributed by atoms with Crippen molar-refractivity contribution >= 4 is 23.9 Å². The quantitative estimate of drug-likeness (QED) is 0.168. The third kappa shape index (κ3) is 13.0. The molecule has 0 aliphatic carbocycles. The number of ether oxygens (including phenoxy) is 2. The van der Waals surface area contributed by atoms with Crippen molar-refractivity contribution < 1.29 is 48.2 Å². The number of carbonyl (C=O) groups is 4. The van der Waals surface area contributed by atoms with Gasteiger partial charge in [0.25, 0.3) is 0 Å². The third-order valence-corrected chi connectivity index (χ3v) is 1.80. The molecule has 0 radical (unpaired) electrons. The molecule has 0 amide bonds. The second-order valence-corrected chi connectivity index (χ2v) is 3.62. The summed E-state index contributed by atoms with van der Waals surface area (Å²) in [7, 11) is 0. The van der Waals surface area contributed by atoms with Crippen molar-refractivity contribution in [2.24, 2.45) is 0 Å². The van der Waals surface area contributed by atoms with Crippen molar-refractivity contribution in [2.75, 3.05) is 26.4 Å². The Labute approximate surface area is 137 Å². The van der Waals surface area contributed by atoms with E-state index in [0.29, 0.717) is 0 Å². The summed E-state index contributed by atoms with van der Waals surface area (Å²) in [5.41, 5.74) is 0. The third-order valence-electron chi connectivity index (χ3n) is 1.80. The summed E-state index contributed by atoms with van der Waals surface area (Å²) in [6, 6.07) is 0. The maximum atomic E-state index is 11.2. The number of hydrogen-bond donors (Lipinski definition) is 0. The average molecular weight is 346 g/mol. The van der Waals surface area contributed by atoms with Gasteiger partial charge in [0.1, 0.15) is 13.2 Å². The van der Waals surface area contributed by atoms with Crippen molar-refractivity contribution in [3.8, 4) is 0 Å². The van der Waals surface area contributed by atoms with Crippen LogP contribution >= 0.6 is 0 Å². The van der Waals surface area contributed by atoms with Crippen molar-refractivity contribution in [1.29, 1.82) is 0 Å². The Morgan fingerprint density at radius 2 is 0.958 bits per heavy atom. The highest BCUT2D eigenvalue weighted by atomic mass is 17.2. The fourth-order valence-corrected chi connectivity index (χ4v) is 0.942. The zero-order valence-electron chi connectivity index (χ0n) is 13.2. The SMILES string of the molecule is CCOOC(=O)/C=C\C(=O)OCCOC(=O)/C=C\C(=O)OOCC. The molecule has 0 spiro atoms. The highest BCUT2D eigenvalue weighted by Crippen LogP contribution is 1.90. The molecular weight excluding hydrogens is 328 g/mol. The fraction of sp³-hybridized carbons (Fsp3) is 0.429. The normalized spacial score (nSPS) is 10.6. The van der Waals surface area contributed by atoms with Gasteiger partial charge in [-0.05, 0) is 13.8 Å². The van der Waals surface area contributed by atoms with Crippen LogP contribution in [0.5, 0.6) is 0 Å². The van der Waals surface area contributed by atoms with Gasteiger partial charge >= 0.3 is 23.9 Å². The van der Waals surface area contributed by atoms with Crippen molar-refractivity contribution in [3.63, 3.8) is 0 Å². The van der Waals surface area contributed by atoms with E-state index in [2.05, 4.69) is 29.0 Å². The highest BCUT2D eigenvalue weighted by Gasteiger charge is 2.04. The molecule has 0 aromatic carbocycles. The second kappa shape index (κ2) is 13.9. The summed E-state index contributed by atoms with van der Waals surface area (Å²) in [6.07, 6.45) is 3.28. The number of rotatable bonds is 11. The molecule has 0 rings (SSSR count). The zero-order chi connectivity index (χ0) is 18.2. The van der Waals surface area contributed by atoms with Crippen LogP contribution in [0.3, 0.4) is 0 Å². The summed E-state index contributed by atoms with van der Waals surface area (Å²) < 4.78 is 9.28. The van der Waals surface area contributed by atoms with E-state index in [-0.39, 0.29) is 26.4 Å². The Hall–Kier alpha value is -2.72. The van der Waals surface area contributed by atoms with E-state index in [1.54, 1.807) is 13.8 Å². The number of carbonyl (C=O) groups excluding carboxylic acids is 4. The molecule has 0 unspecified atom stereocenters. The van der Waals surface area contributed by atoms with Gasteiger partial charge in [0.2, 0.25) is 0 Å². The minimum absolute atomic E-state index is 0.174. The summed E-state index contributed by atoms with van der Waals surface area (Å²) in [6.45, 7) is 3.09. The molecular formula is C14H18O10. The monoisotopic (exact) mass is 346 g/mol. The molecule has 0 N–H and O–H groups in total. The highest BCUT2D eigenvalue weighted by molar-refractivity contribution is 5.92. The van der Waals surface area contributed by atoms with E-state index < -0.39 is 23.9 Å². The van der Waals surface area contributed by atoms with E-state index in [9.17, 15) is 19.2 Å². The molecule has 0 aliphatic heterocycles. The van der Waals surface area contributed by atoms with Crippen LogP contribution in [0.15, 0.2) is 24.3 Å². The molecule has 0 aliphatic rings. The topological polar surface area (TPSA) is 124 Å². The first-order chi connectivity index (χ1) is 11.5. The second-order valence-electron chi connectivity index (χ2n) is 3.62. The first-order valence-corrected chi connectivity index (χ1v) is 6.86. The smallest absolute Gasteiger partial charge is 0.366 e. The zero-order valence-corrected chi connectivity index (χ0v) is 13.2. The van der Waals surface area contributed by atoms with Gasteiger partial charge in [-0.15, -0.1) is 0 Å². The fourth-order valence-electron chi connectivity index (χ4n) is 0.942. The summed E-state index contributed by atoms with van der Waals surface area (Å²) in [5, 5.41) is 0. The van der Waals surface area contributed by atoms with Crippen LogP contribution in [0.25, 0.3) is 0 Å². The summed E-state index contributed by atoms with van der Waals surface area (Å²) in [5.74, 6) is -3.42. The average Bonchev–Trinajstić information content (AvgIpc) is 2.58. The Bertz CT molecular complexity index is 436. The van der Waals surface area contributed by atoms with Gasteiger partial charge in [-0.25, -0.2) is 19.2 Å². The van der Waals surface area contributed by atoms with Crippen LogP contribution in [0, 0.1) is 0 Å². The van der Waals surface area contributed by atoms with Gasteiger partial charge in [-0.2, -0.15) is 9.78 Å². The molecule has 10 nitrogen and oxygen atoms in total. The standard InChI is InChI=1S/C14H18O10/c1-3-21-23-13(17)7-5-11(15)19-9-10-20-12(16)6-8-14(18)24-22-4-2/h5-8H,3-4,9-10H2,1-2H3/b7-5-,8-6-. The van der Waals surface area contributed by atoms with Gasteiger partial charge in [0, 0.05) is 24.3 Å². The first-order valence-electron chi connectivity index (χ1n) is 6.86. The van der Waals surface area contributed by atoms with Crippen molar-refractivity contribution in [2.45, 2.75) is 13.8 Å². The van der Waals surface area contributed by atoms with E-state index in [1.165, 1.54) is 0 Å².